The summed E-state index contributed by atoms with van der Waals surface area (Å²) in [6.45, 7) is 1.39. The summed E-state index contributed by atoms with van der Waals surface area (Å²) in [6.07, 6.45) is 0.128. The number of amides is 2. The van der Waals surface area contributed by atoms with Gasteiger partial charge in [-0.2, -0.15) is 0 Å². The first-order chi connectivity index (χ1) is 18.8. The highest BCUT2D eigenvalue weighted by molar-refractivity contribution is 6.32. The Labute approximate surface area is 229 Å². The highest BCUT2D eigenvalue weighted by atomic mass is 16.3. The standard InChI is InChI=1S/C29H29N3O8/c1-12(33)31-15-6-4-13(5-7-15)16-8-9-19(34)21-17(16)10-14-11-18-23(32(2)3)25(36)22(28(30)39)27(38)29(18,40)26(37)20(14)24(21)35/h4-9,14,18,20,22-23,34,40H,10-11H2,1-3H3,(H2,30,39)(H,31,33)/t14-,18-,20?,22?,23-,29-/m0/s1. The van der Waals surface area contributed by atoms with Gasteiger partial charge in [0, 0.05) is 18.5 Å². The number of hydrogen-bond acceptors (Lipinski definition) is 9. The monoisotopic (exact) mass is 547 g/mol. The van der Waals surface area contributed by atoms with Crippen LogP contribution in [0.3, 0.4) is 0 Å². The van der Waals surface area contributed by atoms with E-state index in [1.54, 1.807) is 30.3 Å². The molecule has 11 nitrogen and oxygen atoms in total. The summed E-state index contributed by atoms with van der Waals surface area (Å²) in [6, 6.07) is 8.74. The molecule has 0 saturated heterocycles. The van der Waals surface area contributed by atoms with Crippen LogP contribution in [0.25, 0.3) is 11.1 Å². The van der Waals surface area contributed by atoms with Crippen LogP contribution in [-0.4, -0.2) is 75.8 Å². The van der Waals surface area contributed by atoms with Gasteiger partial charge in [-0.05, 0) is 67.7 Å². The summed E-state index contributed by atoms with van der Waals surface area (Å²) in [7, 11) is 3.07. The number of hydrogen-bond donors (Lipinski definition) is 4. The van der Waals surface area contributed by atoms with Gasteiger partial charge in [-0.3, -0.25) is 33.7 Å². The Kier molecular flexibility index (Phi) is 6.47. The fourth-order valence-corrected chi connectivity index (χ4v) is 6.81. The van der Waals surface area contributed by atoms with Gasteiger partial charge in [-0.1, -0.05) is 18.2 Å². The van der Waals surface area contributed by atoms with Gasteiger partial charge in [-0.25, -0.2) is 0 Å². The number of carbonyl (C=O) groups excluding carboxylic acids is 6. The third kappa shape index (κ3) is 3.88. The van der Waals surface area contributed by atoms with Crippen molar-refractivity contribution in [3.8, 4) is 16.9 Å². The topological polar surface area (TPSA) is 184 Å². The number of primary amides is 1. The van der Waals surface area contributed by atoms with E-state index < -0.39 is 64.4 Å². The summed E-state index contributed by atoms with van der Waals surface area (Å²) < 4.78 is 0. The molecule has 3 aliphatic carbocycles. The largest absolute Gasteiger partial charge is 0.507 e. The van der Waals surface area contributed by atoms with E-state index in [1.165, 1.54) is 32.0 Å². The molecule has 0 spiro atoms. The summed E-state index contributed by atoms with van der Waals surface area (Å²) in [5.41, 5.74) is 4.92. The minimum Gasteiger partial charge on any atom is -0.507 e. The molecule has 2 aromatic carbocycles. The van der Waals surface area contributed by atoms with E-state index in [0.29, 0.717) is 22.4 Å². The fourth-order valence-electron chi connectivity index (χ4n) is 6.81. The number of Topliss-reactive ketones (excluding diaryl/α,β-unsaturated/α-hetero) is 4. The first-order valence-electron chi connectivity index (χ1n) is 12.9. The number of benzene rings is 2. The van der Waals surface area contributed by atoms with Crippen LogP contribution in [0, 0.1) is 23.7 Å². The average Bonchev–Trinajstić information content (AvgIpc) is 2.86. The molecule has 11 heteroatoms. The summed E-state index contributed by atoms with van der Waals surface area (Å²) in [5.74, 6) is -11.1. The molecular weight excluding hydrogens is 518 g/mol. The normalized spacial score (nSPS) is 29.5. The number of aromatic hydroxyl groups is 1. The maximum Gasteiger partial charge on any atom is 0.235 e. The Bertz CT molecular complexity index is 1500. The number of rotatable bonds is 4. The SMILES string of the molecule is CC(=O)Nc1ccc(-c2ccc(O)c3c2C[C@H]2C[C@H]4[C@H](N(C)C)C(=O)C(C(N)=O)C(=O)[C@@]4(O)C(=O)C2C3=O)cc1. The smallest absolute Gasteiger partial charge is 0.235 e. The fraction of sp³-hybridized carbons (Fsp3) is 0.379. The molecule has 2 fully saturated rings. The molecule has 2 aromatic rings. The zero-order chi connectivity index (χ0) is 29.3. The second kappa shape index (κ2) is 9.46. The highest BCUT2D eigenvalue weighted by Gasteiger charge is 2.69. The molecule has 0 heterocycles. The van der Waals surface area contributed by atoms with Crippen LogP contribution in [0.2, 0.25) is 0 Å². The highest BCUT2D eigenvalue weighted by Crippen LogP contribution is 2.51. The first-order valence-corrected chi connectivity index (χ1v) is 12.9. The van der Waals surface area contributed by atoms with Crippen molar-refractivity contribution in [2.75, 3.05) is 19.4 Å². The van der Waals surface area contributed by atoms with Gasteiger partial charge >= 0.3 is 0 Å². The lowest BCUT2D eigenvalue weighted by Gasteiger charge is -2.52. The first kappa shape index (κ1) is 27.4. The second-order valence-electron chi connectivity index (χ2n) is 11.0. The Morgan fingerprint density at radius 2 is 1.68 bits per heavy atom. The number of ketones is 4. The van der Waals surface area contributed by atoms with Crippen molar-refractivity contribution in [1.29, 1.82) is 0 Å². The van der Waals surface area contributed by atoms with Gasteiger partial charge in [0.25, 0.3) is 0 Å². The molecule has 5 N–H and O–H groups in total. The zero-order valence-corrected chi connectivity index (χ0v) is 22.1. The Morgan fingerprint density at radius 3 is 2.25 bits per heavy atom. The van der Waals surface area contributed by atoms with Gasteiger partial charge in [-0.15, -0.1) is 0 Å². The van der Waals surface area contributed by atoms with E-state index in [1.807, 2.05) is 0 Å². The van der Waals surface area contributed by atoms with E-state index in [4.69, 9.17) is 5.73 Å². The summed E-state index contributed by atoms with van der Waals surface area (Å²) >= 11 is 0. The maximum atomic E-state index is 13.9. The van der Waals surface area contributed by atoms with Crippen LogP contribution < -0.4 is 11.1 Å². The molecular formula is C29H29N3O8. The van der Waals surface area contributed by atoms with Crippen LogP contribution in [0.15, 0.2) is 36.4 Å². The number of aliphatic hydroxyl groups is 1. The molecule has 0 bridgehead atoms. The van der Waals surface area contributed by atoms with Crippen molar-refractivity contribution in [3.63, 3.8) is 0 Å². The summed E-state index contributed by atoms with van der Waals surface area (Å²) in [4.78, 5) is 79.2. The number of nitrogens with zero attached hydrogens (tertiary/aromatic N) is 1. The predicted octanol–water partition coefficient (Wildman–Crippen LogP) is 0.492. The molecule has 3 aliphatic rings. The zero-order valence-electron chi connectivity index (χ0n) is 22.1. The van der Waals surface area contributed by atoms with E-state index in [0.717, 1.165) is 0 Å². The lowest BCUT2D eigenvalue weighted by molar-refractivity contribution is -0.181. The maximum absolute atomic E-state index is 13.9. The van der Waals surface area contributed by atoms with Gasteiger partial charge in [0.15, 0.2) is 34.7 Å². The van der Waals surface area contributed by atoms with Gasteiger partial charge in [0.05, 0.1) is 17.5 Å². The van der Waals surface area contributed by atoms with Crippen LogP contribution >= 0.6 is 0 Å². The number of phenolic OH excluding ortho intramolecular Hbond substituents is 1. The second-order valence-corrected chi connectivity index (χ2v) is 11.0. The van der Waals surface area contributed by atoms with Crippen molar-refractivity contribution in [2.24, 2.45) is 29.4 Å². The molecule has 2 unspecified atom stereocenters. The number of phenols is 1. The van der Waals surface area contributed by atoms with Crippen LogP contribution in [0.4, 0.5) is 5.69 Å². The minimum atomic E-state index is -2.76. The lowest BCUT2D eigenvalue weighted by Crippen LogP contribution is -2.74. The third-order valence-corrected chi connectivity index (χ3v) is 8.46. The van der Waals surface area contributed by atoms with Crippen molar-refractivity contribution >= 4 is 40.6 Å². The molecule has 5 rings (SSSR count). The van der Waals surface area contributed by atoms with Crippen molar-refractivity contribution in [2.45, 2.75) is 31.4 Å². The van der Waals surface area contributed by atoms with Gasteiger partial charge in [0.2, 0.25) is 11.8 Å². The predicted molar refractivity (Wildman–Crippen MR) is 141 cm³/mol. The van der Waals surface area contributed by atoms with Crippen LogP contribution in [0.5, 0.6) is 5.75 Å². The molecule has 0 radical (unpaired) electrons. The van der Waals surface area contributed by atoms with E-state index in [-0.39, 0.29) is 30.1 Å². The number of anilines is 1. The molecule has 2 amide bonds. The number of nitrogens with two attached hydrogens (primary N) is 1. The molecule has 0 aromatic heterocycles. The van der Waals surface area contributed by atoms with E-state index in [9.17, 15) is 39.0 Å². The van der Waals surface area contributed by atoms with Crippen molar-refractivity contribution in [1.82, 2.24) is 4.90 Å². The average molecular weight is 548 g/mol. The lowest BCUT2D eigenvalue weighted by atomic mass is 9.52. The molecule has 0 aliphatic heterocycles. The van der Waals surface area contributed by atoms with Gasteiger partial charge < -0.3 is 21.3 Å². The summed E-state index contributed by atoms with van der Waals surface area (Å²) in [5, 5.41) is 25.0. The third-order valence-electron chi connectivity index (χ3n) is 8.46. The molecule has 2 saturated carbocycles. The Hall–Kier alpha value is -4.22. The number of nitrogens with one attached hydrogen (secondary N) is 1. The van der Waals surface area contributed by atoms with E-state index in [2.05, 4.69) is 5.32 Å². The minimum absolute atomic E-state index is 0.0273. The van der Waals surface area contributed by atoms with E-state index >= 15 is 0 Å². The number of carbonyl (C=O) groups is 6. The molecule has 208 valence electrons. The quantitative estimate of drug-likeness (QED) is 0.396. The van der Waals surface area contributed by atoms with Crippen molar-refractivity contribution in [3.05, 3.63) is 47.5 Å². The molecule has 40 heavy (non-hydrogen) atoms. The number of likely N-dealkylation sites (N-methyl/N-ethyl adjacent to an activating group) is 1. The van der Waals surface area contributed by atoms with Crippen LogP contribution in [-0.2, 0) is 30.4 Å². The van der Waals surface area contributed by atoms with Crippen molar-refractivity contribution < 1.29 is 39.0 Å². The van der Waals surface area contributed by atoms with Crippen LogP contribution in [0.1, 0.15) is 29.3 Å². The number of fused-ring (bicyclic) bond motifs is 3. The molecule has 6 atom stereocenters. The Balaban J connectivity index is 1.61. The van der Waals surface area contributed by atoms with Gasteiger partial charge in [0.1, 0.15) is 5.75 Å². The Morgan fingerprint density at radius 1 is 1.02 bits per heavy atom.